The normalized spacial score (nSPS) is 15.7. The number of imidazole rings is 1. The fourth-order valence-electron chi connectivity index (χ4n) is 2.74. The maximum absolute atomic E-state index is 12.6. The van der Waals surface area contributed by atoms with Crippen molar-refractivity contribution in [2.24, 2.45) is 7.05 Å². The maximum atomic E-state index is 12.6. The van der Waals surface area contributed by atoms with E-state index >= 15 is 0 Å². The van der Waals surface area contributed by atoms with Crippen molar-refractivity contribution in [2.45, 2.75) is 24.3 Å². The van der Waals surface area contributed by atoms with Crippen LogP contribution in [-0.2, 0) is 17.1 Å². The van der Waals surface area contributed by atoms with Crippen molar-refractivity contribution in [3.63, 3.8) is 0 Å². The number of hydrogen-bond acceptors (Lipinski definition) is 4. The third-order valence-electron chi connectivity index (χ3n) is 3.93. The summed E-state index contributed by atoms with van der Waals surface area (Å²) in [7, 11) is -2.18. The second-order valence-corrected chi connectivity index (χ2v) is 7.58. The first kappa shape index (κ1) is 16.1. The Morgan fingerprint density at radius 1 is 1.17 bits per heavy atom. The molecule has 23 heavy (non-hydrogen) atoms. The van der Waals surface area contributed by atoms with E-state index in [0.29, 0.717) is 5.69 Å². The van der Waals surface area contributed by atoms with Crippen LogP contribution in [0.25, 0.3) is 0 Å². The van der Waals surface area contributed by atoms with E-state index in [1.165, 1.54) is 17.3 Å². The molecule has 0 spiro atoms. The number of piperidine rings is 1. The van der Waals surface area contributed by atoms with Gasteiger partial charge < -0.3 is 9.47 Å². The molecule has 2 aromatic rings. The van der Waals surface area contributed by atoms with Crippen LogP contribution in [0.2, 0.25) is 5.15 Å². The molecule has 1 aromatic carbocycles. The second-order valence-electron chi connectivity index (χ2n) is 5.62. The molecule has 6 nitrogen and oxygen atoms in total. The molecule has 1 aromatic heterocycles. The molecular formula is C15H19ClN4O2S. The van der Waals surface area contributed by atoms with Gasteiger partial charge in [0, 0.05) is 20.1 Å². The monoisotopic (exact) mass is 354 g/mol. The standard InChI is InChI=1S/C15H19ClN4O2S/c1-19-11-17-15(14(19)16)23(21,22)18-12-7-3-4-8-13(12)20-9-5-2-6-10-20/h3-4,7-8,11,18H,2,5-6,9-10H2,1H3. The van der Waals surface area contributed by atoms with Gasteiger partial charge in [-0.3, -0.25) is 4.72 Å². The largest absolute Gasteiger partial charge is 0.370 e. The minimum Gasteiger partial charge on any atom is -0.370 e. The summed E-state index contributed by atoms with van der Waals surface area (Å²) < 4.78 is 29.3. The molecule has 1 aliphatic rings. The summed E-state index contributed by atoms with van der Waals surface area (Å²) in [4.78, 5) is 6.10. The molecule has 0 atom stereocenters. The number of para-hydroxylation sites is 2. The quantitative estimate of drug-likeness (QED) is 0.916. The van der Waals surface area contributed by atoms with E-state index < -0.39 is 10.0 Å². The van der Waals surface area contributed by atoms with Crippen LogP contribution in [0.1, 0.15) is 19.3 Å². The van der Waals surface area contributed by atoms with Crippen LogP contribution < -0.4 is 9.62 Å². The number of aryl methyl sites for hydroxylation is 1. The first-order chi connectivity index (χ1) is 11.0. The van der Waals surface area contributed by atoms with E-state index in [1.54, 1.807) is 13.1 Å². The van der Waals surface area contributed by atoms with Crippen molar-refractivity contribution >= 4 is 33.0 Å². The highest BCUT2D eigenvalue weighted by molar-refractivity contribution is 7.92. The van der Waals surface area contributed by atoms with Crippen molar-refractivity contribution in [3.8, 4) is 0 Å². The van der Waals surface area contributed by atoms with Gasteiger partial charge in [-0.2, -0.15) is 8.42 Å². The molecule has 0 saturated carbocycles. The Bertz CT molecular complexity index is 798. The molecule has 0 amide bonds. The van der Waals surface area contributed by atoms with Crippen LogP contribution in [0.15, 0.2) is 35.6 Å². The van der Waals surface area contributed by atoms with Gasteiger partial charge in [0.2, 0.25) is 5.03 Å². The van der Waals surface area contributed by atoms with E-state index in [4.69, 9.17) is 11.6 Å². The van der Waals surface area contributed by atoms with Crippen molar-refractivity contribution in [3.05, 3.63) is 35.7 Å². The summed E-state index contributed by atoms with van der Waals surface area (Å²) in [6.45, 7) is 1.87. The van der Waals surface area contributed by atoms with Crippen LogP contribution in [0.3, 0.4) is 0 Å². The lowest BCUT2D eigenvalue weighted by molar-refractivity contribution is 0.578. The molecule has 1 N–H and O–H groups in total. The molecule has 1 aliphatic heterocycles. The zero-order chi connectivity index (χ0) is 16.4. The summed E-state index contributed by atoms with van der Waals surface area (Å²) in [5.74, 6) is 0. The molecular weight excluding hydrogens is 336 g/mol. The Kier molecular flexibility index (Phi) is 4.50. The lowest BCUT2D eigenvalue weighted by atomic mass is 10.1. The molecule has 1 fully saturated rings. The molecule has 0 aliphatic carbocycles. The van der Waals surface area contributed by atoms with Crippen LogP contribution in [0.4, 0.5) is 11.4 Å². The van der Waals surface area contributed by atoms with Gasteiger partial charge in [0.25, 0.3) is 10.0 Å². The number of rotatable bonds is 4. The van der Waals surface area contributed by atoms with Gasteiger partial charge in [0.05, 0.1) is 17.7 Å². The van der Waals surface area contributed by atoms with Gasteiger partial charge >= 0.3 is 0 Å². The Hall–Kier alpha value is -1.73. The van der Waals surface area contributed by atoms with Crippen LogP contribution in [0, 0.1) is 0 Å². The highest BCUT2D eigenvalue weighted by Crippen LogP contribution is 2.30. The Morgan fingerprint density at radius 3 is 2.52 bits per heavy atom. The number of nitrogens with zero attached hydrogens (tertiary/aromatic N) is 3. The first-order valence-corrected chi connectivity index (χ1v) is 9.39. The number of hydrogen-bond donors (Lipinski definition) is 1. The lowest BCUT2D eigenvalue weighted by Gasteiger charge is -2.30. The fraction of sp³-hybridized carbons (Fsp3) is 0.400. The van der Waals surface area contributed by atoms with Gasteiger partial charge in [-0.25, -0.2) is 4.98 Å². The summed E-state index contributed by atoms with van der Waals surface area (Å²) in [5, 5.41) is -0.0666. The fourth-order valence-corrected chi connectivity index (χ4v) is 4.25. The van der Waals surface area contributed by atoms with E-state index in [-0.39, 0.29) is 10.2 Å². The maximum Gasteiger partial charge on any atom is 0.282 e. The molecule has 1 saturated heterocycles. The zero-order valence-electron chi connectivity index (χ0n) is 12.9. The third kappa shape index (κ3) is 3.30. The predicted octanol–water partition coefficient (Wildman–Crippen LogP) is 2.86. The summed E-state index contributed by atoms with van der Waals surface area (Å²) in [6.07, 6.45) is 4.84. The van der Waals surface area contributed by atoms with Crippen LogP contribution in [0.5, 0.6) is 0 Å². The molecule has 3 rings (SSSR count). The highest BCUT2D eigenvalue weighted by Gasteiger charge is 2.24. The average molecular weight is 355 g/mol. The summed E-state index contributed by atoms with van der Waals surface area (Å²) >= 11 is 6.02. The summed E-state index contributed by atoms with van der Waals surface area (Å²) in [5.41, 5.74) is 1.44. The minimum atomic E-state index is -3.82. The van der Waals surface area contributed by atoms with Gasteiger partial charge in [-0.1, -0.05) is 23.7 Å². The summed E-state index contributed by atoms with van der Waals surface area (Å²) in [6, 6.07) is 7.42. The second kappa shape index (κ2) is 6.41. The molecule has 0 bridgehead atoms. The number of aromatic nitrogens is 2. The number of anilines is 2. The van der Waals surface area contributed by atoms with Gasteiger partial charge in [-0.15, -0.1) is 0 Å². The first-order valence-electron chi connectivity index (χ1n) is 7.52. The molecule has 8 heteroatoms. The molecule has 0 unspecified atom stereocenters. The van der Waals surface area contributed by atoms with Gasteiger partial charge in [0.1, 0.15) is 5.15 Å². The predicted molar refractivity (Wildman–Crippen MR) is 91.5 cm³/mol. The minimum absolute atomic E-state index is 0.0907. The van der Waals surface area contributed by atoms with Gasteiger partial charge in [-0.05, 0) is 31.4 Å². The Morgan fingerprint density at radius 2 is 1.87 bits per heavy atom. The van der Waals surface area contributed by atoms with E-state index in [2.05, 4.69) is 14.6 Å². The average Bonchev–Trinajstić information content (AvgIpc) is 2.89. The third-order valence-corrected chi connectivity index (χ3v) is 5.79. The number of sulfonamides is 1. The molecule has 0 radical (unpaired) electrons. The van der Waals surface area contributed by atoms with E-state index in [9.17, 15) is 8.42 Å². The van der Waals surface area contributed by atoms with E-state index in [0.717, 1.165) is 31.6 Å². The smallest absolute Gasteiger partial charge is 0.282 e. The van der Waals surface area contributed by atoms with Crippen LogP contribution >= 0.6 is 11.6 Å². The SMILES string of the molecule is Cn1cnc(S(=O)(=O)Nc2ccccc2N2CCCCC2)c1Cl. The van der Waals surface area contributed by atoms with Crippen LogP contribution in [-0.4, -0.2) is 31.1 Å². The number of benzene rings is 1. The van der Waals surface area contributed by atoms with Crippen molar-refractivity contribution in [1.29, 1.82) is 0 Å². The Balaban J connectivity index is 1.92. The van der Waals surface area contributed by atoms with Gasteiger partial charge in [0.15, 0.2) is 0 Å². The lowest BCUT2D eigenvalue weighted by Crippen LogP contribution is -2.30. The number of halogens is 1. The highest BCUT2D eigenvalue weighted by atomic mass is 35.5. The Labute approximate surface area is 141 Å². The topological polar surface area (TPSA) is 67.2 Å². The zero-order valence-corrected chi connectivity index (χ0v) is 14.4. The number of nitrogens with one attached hydrogen (secondary N) is 1. The van der Waals surface area contributed by atoms with Crippen molar-refractivity contribution in [2.75, 3.05) is 22.7 Å². The van der Waals surface area contributed by atoms with Crippen molar-refractivity contribution in [1.82, 2.24) is 9.55 Å². The van der Waals surface area contributed by atoms with Crippen molar-refractivity contribution < 1.29 is 8.42 Å². The van der Waals surface area contributed by atoms with E-state index in [1.807, 2.05) is 18.2 Å². The molecule has 2 heterocycles. The molecule has 124 valence electrons.